The Bertz CT molecular complexity index is 799. The average Bonchev–Trinajstić information content (AvgIpc) is 2.41. The van der Waals surface area contributed by atoms with E-state index in [0.29, 0.717) is 0 Å². The Morgan fingerprint density at radius 2 is 1.90 bits per heavy atom. The summed E-state index contributed by atoms with van der Waals surface area (Å²) in [7, 11) is 0. The lowest BCUT2D eigenvalue weighted by atomic mass is 10.1. The van der Waals surface area contributed by atoms with Gasteiger partial charge in [-0.15, -0.1) is 0 Å². The molecule has 1 aromatic carbocycles. The number of carbonyl (C=O) groups is 1. The van der Waals surface area contributed by atoms with Crippen molar-refractivity contribution in [1.29, 1.82) is 0 Å². The van der Waals surface area contributed by atoms with Crippen molar-refractivity contribution in [2.24, 2.45) is 0 Å². The molecule has 106 valence electrons. The summed E-state index contributed by atoms with van der Waals surface area (Å²) in [4.78, 5) is 22.9. The first-order chi connectivity index (χ1) is 9.31. The van der Waals surface area contributed by atoms with E-state index in [1.54, 1.807) is 0 Å². The summed E-state index contributed by atoms with van der Waals surface area (Å²) in [6.45, 7) is 1.56. The van der Waals surface area contributed by atoms with E-state index in [2.05, 4.69) is 0 Å². The summed E-state index contributed by atoms with van der Waals surface area (Å²) in [6, 6.07) is 0. The van der Waals surface area contributed by atoms with Gasteiger partial charge in [-0.3, -0.25) is 4.79 Å². The van der Waals surface area contributed by atoms with Crippen LogP contribution in [0.5, 0.6) is 0 Å². The first-order valence-corrected chi connectivity index (χ1v) is 5.53. The van der Waals surface area contributed by atoms with Crippen molar-refractivity contribution < 1.29 is 23.1 Å². The zero-order valence-electron chi connectivity index (χ0n) is 10.2. The number of benzene rings is 1. The Balaban J connectivity index is 3.18. The van der Waals surface area contributed by atoms with Crippen LogP contribution in [0, 0.1) is 17.5 Å². The van der Waals surface area contributed by atoms with Gasteiger partial charge in [0.25, 0.3) is 0 Å². The Hall–Kier alpha value is -2.51. The molecule has 0 fully saturated rings. The normalized spacial score (nSPS) is 11.0. The Morgan fingerprint density at radius 3 is 2.40 bits per heavy atom. The fourth-order valence-electron chi connectivity index (χ4n) is 1.98. The molecule has 5 nitrogen and oxygen atoms in total. The number of halogens is 3. The molecule has 0 aliphatic heterocycles. The minimum absolute atomic E-state index is 0.0402. The number of nitrogens with two attached hydrogens (primary N) is 1. The van der Waals surface area contributed by atoms with Crippen LogP contribution in [0.4, 0.5) is 18.9 Å². The molecular formula is C12H9F3N2O3. The van der Waals surface area contributed by atoms with Gasteiger partial charge in [-0.05, 0) is 6.92 Å². The maximum atomic E-state index is 13.8. The van der Waals surface area contributed by atoms with E-state index in [4.69, 9.17) is 10.8 Å². The predicted octanol–water partition coefficient (Wildman–Crippen LogP) is 1.72. The predicted molar refractivity (Wildman–Crippen MR) is 65.1 cm³/mol. The van der Waals surface area contributed by atoms with Gasteiger partial charge in [0.15, 0.2) is 17.5 Å². The first-order valence-electron chi connectivity index (χ1n) is 5.53. The SMILES string of the molecule is CCn1cc(C(=O)O)c(=O)c2c(N)c(F)c(F)c(F)c21. The topological polar surface area (TPSA) is 85.3 Å². The summed E-state index contributed by atoms with van der Waals surface area (Å²) in [6.07, 6.45) is 0.868. The monoisotopic (exact) mass is 286 g/mol. The summed E-state index contributed by atoms with van der Waals surface area (Å²) in [5.74, 6) is -6.66. The van der Waals surface area contributed by atoms with E-state index in [1.165, 1.54) is 6.92 Å². The minimum Gasteiger partial charge on any atom is -0.477 e. The quantitative estimate of drug-likeness (QED) is 0.650. The molecule has 0 aliphatic carbocycles. The Kier molecular flexibility index (Phi) is 3.16. The zero-order valence-corrected chi connectivity index (χ0v) is 10.2. The van der Waals surface area contributed by atoms with Crippen molar-refractivity contribution in [2.45, 2.75) is 13.5 Å². The van der Waals surface area contributed by atoms with E-state index >= 15 is 0 Å². The molecule has 0 saturated carbocycles. The van der Waals surface area contributed by atoms with Gasteiger partial charge in [-0.2, -0.15) is 0 Å². The van der Waals surface area contributed by atoms with E-state index < -0.39 is 51.0 Å². The van der Waals surface area contributed by atoms with Crippen LogP contribution in [-0.2, 0) is 6.54 Å². The highest BCUT2D eigenvalue weighted by Gasteiger charge is 2.25. The van der Waals surface area contributed by atoms with Gasteiger partial charge in [-0.1, -0.05) is 0 Å². The van der Waals surface area contributed by atoms with Crippen molar-refractivity contribution in [1.82, 2.24) is 4.57 Å². The summed E-state index contributed by atoms with van der Waals surface area (Å²) in [5.41, 5.74) is 1.97. The number of anilines is 1. The summed E-state index contributed by atoms with van der Waals surface area (Å²) in [5, 5.41) is 8.24. The van der Waals surface area contributed by atoms with Gasteiger partial charge in [0.2, 0.25) is 5.43 Å². The largest absolute Gasteiger partial charge is 0.477 e. The number of rotatable bonds is 2. The third-order valence-electron chi connectivity index (χ3n) is 2.95. The molecule has 8 heteroatoms. The Morgan fingerprint density at radius 1 is 1.30 bits per heavy atom. The van der Waals surface area contributed by atoms with Crippen LogP contribution in [0.1, 0.15) is 17.3 Å². The minimum atomic E-state index is -1.81. The molecule has 1 heterocycles. The van der Waals surface area contributed by atoms with Crippen molar-refractivity contribution in [3.63, 3.8) is 0 Å². The second-order valence-electron chi connectivity index (χ2n) is 4.04. The third kappa shape index (κ3) is 1.72. The molecule has 0 aliphatic rings. The lowest BCUT2D eigenvalue weighted by molar-refractivity contribution is 0.0695. The van der Waals surface area contributed by atoms with Crippen LogP contribution >= 0.6 is 0 Å². The van der Waals surface area contributed by atoms with Crippen LogP contribution in [0.2, 0.25) is 0 Å². The highest BCUT2D eigenvalue weighted by molar-refractivity contribution is 5.97. The standard InChI is InChI=1S/C12H9F3N2O3/c1-2-17-3-4(12(19)20)11(18)5-9(16)7(14)6(13)8(15)10(5)17/h3H,2,16H2,1H3,(H,19,20). The fourth-order valence-corrected chi connectivity index (χ4v) is 1.98. The van der Waals surface area contributed by atoms with Crippen molar-refractivity contribution >= 4 is 22.6 Å². The lowest BCUT2D eigenvalue weighted by Crippen LogP contribution is -2.21. The number of fused-ring (bicyclic) bond motifs is 1. The maximum absolute atomic E-state index is 13.8. The van der Waals surface area contributed by atoms with E-state index in [9.17, 15) is 22.8 Å². The number of nitrogen functional groups attached to an aromatic ring is 1. The molecule has 1 aromatic heterocycles. The lowest BCUT2D eigenvalue weighted by Gasteiger charge is -2.13. The number of carboxylic acids is 1. The van der Waals surface area contributed by atoms with E-state index in [0.717, 1.165) is 10.8 Å². The molecule has 0 unspecified atom stereocenters. The highest BCUT2D eigenvalue weighted by Crippen LogP contribution is 2.28. The molecule has 0 radical (unpaired) electrons. The number of aromatic nitrogens is 1. The van der Waals surface area contributed by atoms with Crippen LogP contribution in [0.25, 0.3) is 10.9 Å². The van der Waals surface area contributed by atoms with Crippen molar-refractivity contribution in [2.75, 3.05) is 5.73 Å². The molecule has 0 spiro atoms. The molecular weight excluding hydrogens is 277 g/mol. The molecule has 20 heavy (non-hydrogen) atoms. The molecule has 3 N–H and O–H groups in total. The molecule has 0 amide bonds. The zero-order chi connectivity index (χ0) is 15.2. The van der Waals surface area contributed by atoms with Gasteiger partial charge in [-0.25, -0.2) is 18.0 Å². The van der Waals surface area contributed by atoms with Crippen LogP contribution in [-0.4, -0.2) is 15.6 Å². The fraction of sp³-hybridized carbons (Fsp3) is 0.167. The molecule has 0 atom stereocenters. The van der Waals surface area contributed by atoms with Crippen molar-refractivity contribution in [3.8, 4) is 0 Å². The van der Waals surface area contributed by atoms with Gasteiger partial charge >= 0.3 is 5.97 Å². The van der Waals surface area contributed by atoms with E-state index in [1.807, 2.05) is 0 Å². The summed E-state index contributed by atoms with van der Waals surface area (Å²) < 4.78 is 41.6. The van der Waals surface area contributed by atoms with Crippen LogP contribution in [0.15, 0.2) is 11.0 Å². The number of hydrogen-bond acceptors (Lipinski definition) is 3. The number of carboxylic acid groups (broad SMARTS) is 1. The molecule has 2 aromatic rings. The average molecular weight is 286 g/mol. The van der Waals surface area contributed by atoms with Gasteiger partial charge in [0, 0.05) is 12.7 Å². The number of nitrogens with zero attached hydrogens (tertiary/aromatic N) is 1. The maximum Gasteiger partial charge on any atom is 0.341 e. The smallest absolute Gasteiger partial charge is 0.341 e. The number of aromatic carboxylic acids is 1. The van der Waals surface area contributed by atoms with E-state index in [-0.39, 0.29) is 6.54 Å². The second-order valence-corrected chi connectivity index (χ2v) is 4.04. The Labute approximate surface area is 110 Å². The van der Waals surface area contributed by atoms with Crippen molar-refractivity contribution in [3.05, 3.63) is 39.4 Å². The first kappa shape index (κ1) is 13.9. The number of hydrogen-bond donors (Lipinski definition) is 2. The molecule has 0 bridgehead atoms. The molecule has 0 saturated heterocycles. The second kappa shape index (κ2) is 4.55. The van der Waals surface area contributed by atoms with Crippen LogP contribution < -0.4 is 11.2 Å². The number of pyridine rings is 1. The van der Waals surface area contributed by atoms with Gasteiger partial charge < -0.3 is 15.4 Å². The number of aryl methyl sites for hydroxylation is 1. The van der Waals surface area contributed by atoms with Gasteiger partial charge in [0.05, 0.1) is 16.6 Å². The highest BCUT2D eigenvalue weighted by atomic mass is 19.2. The molecule has 2 rings (SSSR count). The third-order valence-corrected chi connectivity index (χ3v) is 2.95. The van der Waals surface area contributed by atoms with Gasteiger partial charge in [0.1, 0.15) is 5.56 Å². The summed E-state index contributed by atoms with van der Waals surface area (Å²) >= 11 is 0. The van der Waals surface area contributed by atoms with Crippen LogP contribution in [0.3, 0.4) is 0 Å².